The van der Waals surface area contributed by atoms with E-state index < -0.39 is 0 Å². The van der Waals surface area contributed by atoms with E-state index in [0.717, 1.165) is 37.9 Å². The average molecular weight is 351 g/mol. The Hall–Kier alpha value is -2.29. The van der Waals surface area contributed by atoms with Gasteiger partial charge in [0.1, 0.15) is 5.75 Å². The zero-order valence-corrected chi connectivity index (χ0v) is 15.8. The molecule has 3 rings (SSSR count). The van der Waals surface area contributed by atoms with Crippen molar-refractivity contribution in [3.8, 4) is 5.75 Å². The highest BCUT2D eigenvalue weighted by Gasteiger charge is 2.23. The molecule has 3 heteroatoms. The molecule has 0 radical (unpaired) electrons. The zero-order valence-electron chi connectivity index (χ0n) is 15.8. The van der Waals surface area contributed by atoms with E-state index in [2.05, 4.69) is 38.1 Å². The first-order valence-corrected chi connectivity index (χ1v) is 9.66. The van der Waals surface area contributed by atoms with E-state index in [-0.39, 0.29) is 5.91 Å². The van der Waals surface area contributed by atoms with Crippen LogP contribution in [0.15, 0.2) is 48.5 Å². The van der Waals surface area contributed by atoms with E-state index in [0.29, 0.717) is 24.0 Å². The van der Waals surface area contributed by atoms with Crippen molar-refractivity contribution in [3.05, 3.63) is 65.2 Å². The summed E-state index contributed by atoms with van der Waals surface area (Å²) in [7, 11) is 0. The van der Waals surface area contributed by atoms with Crippen molar-refractivity contribution in [1.82, 2.24) is 4.90 Å². The van der Waals surface area contributed by atoms with Gasteiger partial charge in [-0.1, -0.05) is 50.2 Å². The largest absolute Gasteiger partial charge is 0.508 e. The van der Waals surface area contributed by atoms with Crippen molar-refractivity contribution in [2.75, 3.05) is 13.1 Å². The van der Waals surface area contributed by atoms with Gasteiger partial charge < -0.3 is 10.0 Å². The Morgan fingerprint density at radius 1 is 1.00 bits per heavy atom. The molecule has 0 bridgehead atoms. The first-order valence-electron chi connectivity index (χ1n) is 9.66. The highest BCUT2D eigenvalue weighted by Crippen LogP contribution is 2.29. The number of likely N-dealkylation sites (tertiary alicyclic amines) is 1. The maximum atomic E-state index is 12.6. The van der Waals surface area contributed by atoms with Gasteiger partial charge in [-0.15, -0.1) is 0 Å². The fourth-order valence-corrected chi connectivity index (χ4v) is 3.76. The number of carbonyl (C=O) groups is 1. The smallest absolute Gasteiger partial charge is 0.226 e. The minimum atomic E-state index is 0.228. The predicted octanol–water partition coefficient (Wildman–Crippen LogP) is 4.54. The third-order valence-electron chi connectivity index (χ3n) is 5.23. The van der Waals surface area contributed by atoms with E-state index in [9.17, 15) is 9.90 Å². The van der Waals surface area contributed by atoms with Crippen molar-refractivity contribution in [3.63, 3.8) is 0 Å². The Morgan fingerprint density at radius 3 is 2.15 bits per heavy atom. The number of phenolic OH excluding ortho intramolecular Hbond substituents is 1. The van der Waals surface area contributed by atoms with Crippen molar-refractivity contribution in [1.29, 1.82) is 0 Å². The van der Waals surface area contributed by atoms with Crippen LogP contribution in [0.25, 0.3) is 0 Å². The summed E-state index contributed by atoms with van der Waals surface area (Å²) in [6.45, 7) is 6.07. The van der Waals surface area contributed by atoms with Gasteiger partial charge in [0, 0.05) is 13.1 Å². The van der Waals surface area contributed by atoms with Gasteiger partial charge in [-0.2, -0.15) is 0 Å². The van der Waals surface area contributed by atoms with Crippen molar-refractivity contribution in [2.45, 2.75) is 45.4 Å². The molecular formula is C23H29NO2. The van der Waals surface area contributed by atoms with Crippen molar-refractivity contribution in [2.24, 2.45) is 5.92 Å². The lowest BCUT2D eigenvalue weighted by atomic mass is 9.89. The highest BCUT2D eigenvalue weighted by atomic mass is 16.3. The second-order valence-corrected chi connectivity index (χ2v) is 7.84. The third-order valence-corrected chi connectivity index (χ3v) is 5.23. The molecule has 0 unspecified atom stereocenters. The first-order chi connectivity index (χ1) is 12.5. The standard InChI is InChI=1S/C23H29NO2/c1-17(2)15-18-3-5-19(6-4-18)16-23(26)24-13-11-21(12-14-24)20-7-9-22(25)10-8-20/h3-10,17,21,25H,11-16H2,1-2H3. The molecule has 2 aromatic rings. The Balaban J connectivity index is 1.51. The molecule has 1 N–H and O–H groups in total. The van der Waals surface area contributed by atoms with Crippen LogP contribution in [0.3, 0.4) is 0 Å². The number of aromatic hydroxyl groups is 1. The van der Waals surface area contributed by atoms with Gasteiger partial charge in [-0.25, -0.2) is 0 Å². The summed E-state index contributed by atoms with van der Waals surface area (Å²) in [4.78, 5) is 14.6. The summed E-state index contributed by atoms with van der Waals surface area (Å²) >= 11 is 0. The Labute approximate surface area is 156 Å². The van der Waals surface area contributed by atoms with E-state index >= 15 is 0 Å². The monoisotopic (exact) mass is 351 g/mol. The van der Waals surface area contributed by atoms with Gasteiger partial charge in [0.05, 0.1) is 6.42 Å². The topological polar surface area (TPSA) is 40.5 Å². The molecule has 3 nitrogen and oxygen atoms in total. The lowest BCUT2D eigenvalue weighted by Crippen LogP contribution is -2.38. The number of carbonyl (C=O) groups excluding carboxylic acids is 1. The summed E-state index contributed by atoms with van der Waals surface area (Å²) in [5.41, 5.74) is 3.70. The number of nitrogens with zero attached hydrogens (tertiary/aromatic N) is 1. The van der Waals surface area contributed by atoms with Crippen LogP contribution in [-0.4, -0.2) is 29.0 Å². The number of phenols is 1. The van der Waals surface area contributed by atoms with Crippen LogP contribution < -0.4 is 0 Å². The molecule has 1 aliphatic heterocycles. The zero-order chi connectivity index (χ0) is 18.5. The second-order valence-electron chi connectivity index (χ2n) is 7.84. The predicted molar refractivity (Wildman–Crippen MR) is 105 cm³/mol. The summed E-state index contributed by atoms with van der Waals surface area (Å²) in [6, 6.07) is 16.0. The fraction of sp³-hybridized carbons (Fsp3) is 0.435. The summed E-state index contributed by atoms with van der Waals surface area (Å²) in [5, 5.41) is 9.42. The number of amides is 1. The van der Waals surface area contributed by atoms with Crippen LogP contribution in [0.2, 0.25) is 0 Å². The van der Waals surface area contributed by atoms with Gasteiger partial charge >= 0.3 is 0 Å². The lowest BCUT2D eigenvalue weighted by Gasteiger charge is -2.32. The molecule has 1 fully saturated rings. The van der Waals surface area contributed by atoms with Crippen LogP contribution in [0.4, 0.5) is 0 Å². The number of hydrogen-bond donors (Lipinski definition) is 1. The van der Waals surface area contributed by atoms with Gasteiger partial charge in [-0.3, -0.25) is 4.79 Å². The molecule has 26 heavy (non-hydrogen) atoms. The van der Waals surface area contributed by atoms with Crippen LogP contribution >= 0.6 is 0 Å². The van der Waals surface area contributed by atoms with E-state index in [1.807, 2.05) is 17.0 Å². The minimum absolute atomic E-state index is 0.228. The summed E-state index contributed by atoms with van der Waals surface area (Å²) in [6.07, 6.45) is 3.55. The molecule has 1 saturated heterocycles. The molecule has 138 valence electrons. The van der Waals surface area contributed by atoms with Crippen molar-refractivity contribution >= 4 is 5.91 Å². The number of rotatable bonds is 5. The van der Waals surface area contributed by atoms with E-state index in [1.54, 1.807) is 12.1 Å². The fourth-order valence-electron chi connectivity index (χ4n) is 3.76. The summed E-state index contributed by atoms with van der Waals surface area (Å²) < 4.78 is 0. The third kappa shape index (κ3) is 4.87. The van der Waals surface area contributed by atoms with E-state index in [4.69, 9.17) is 0 Å². The van der Waals surface area contributed by atoms with Gasteiger partial charge in [-0.05, 0) is 59.9 Å². The molecule has 0 aliphatic carbocycles. The Morgan fingerprint density at radius 2 is 1.58 bits per heavy atom. The van der Waals surface area contributed by atoms with Gasteiger partial charge in [0.25, 0.3) is 0 Å². The Bertz CT molecular complexity index is 711. The molecule has 0 aromatic heterocycles. The number of piperidine rings is 1. The molecule has 0 spiro atoms. The number of hydrogen-bond acceptors (Lipinski definition) is 2. The molecule has 2 aromatic carbocycles. The minimum Gasteiger partial charge on any atom is -0.508 e. The molecule has 1 heterocycles. The second kappa shape index (κ2) is 8.39. The molecule has 0 saturated carbocycles. The molecule has 1 aliphatic rings. The quantitative estimate of drug-likeness (QED) is 0.859. The lowest BCUT2D eigenvalue weighted by molar-refractivity contribution is -0.131. The van der Waals surface area contributed by atoms with Crippen LogP contribution in [0.1, 0.15) is 49.3 Å². The van der Waals surface area contributed by atoms with Crippen molar-refractivity contribution < 1.29 is 9.90 Å². The molecular weight excluding hydrogens is 322 g/mol. The van der Waals surface area contributed by atoms with Gasteiger partial charge in [0.2, 0.25) is 5.91 Å². The van der Waals surface area contributed by atoms with Crippen LogP contribution in [0, 0.1) is 5.92 Å². The first kappa shape index (κ1) is 18.5. The Kier molecular flexibility index (Phi) is 5.97. The highest BCUT2D eigenvalue weighted by molar-refractivity contribution is 5.78. The van der Waals surface area contributed by atoms with Crippen LogP contribution in [0.5, 0.6) is 5.75 Å². The molecule has 0 atom stereocenters. The summed E-state index contributed by atoms with van der Waals surface area (Å²) in [5.74, 6) is 1.67. The maximum Gasteiger partial charge on any atom is 0.226 e. The van der Waals surface area contributed by atoms with E-state index in [1.165, 1.54) is 11.1 Å². The normalized spacial score (nSPS) is 15.4. The van der Waals surface area contributed by atoms with Crippen LogP contribution in [-0.2, 0) is 17.6 Å². The van der Waals surface area contributed by atoms with Gasteiger partial charge in [0.15, 0.2) is 0 Å². The SMILES string of the molecule is CC(C)Cc1ccc(CC(=O)N2CCC(c3ccc(O)cc3)CC2)cc1. The number of benzene rings is 2. The average Bonchev–Trinajstić information content (AvgIpc) is 2.64. The molecule has 1 amide bonds. The maximum absolute atomic E-state index is 12.6.